The third-order valence-electron chi connectivity index (χ3n) is 6.57. The summed E-state index contributed by atoms with van der Waals surface area (Å²) < 4.78 is 31.7. The van der Waals surface area contributed by atoms with Gasteiger partial charge in [0.1, 0.15) is 5.82 Å². The van der Waals surface area contributed by atoms with Crippen LogP contribution in [0.5, 0.6) is 0 Å². The number of fused-ring (bicyclic) bond motifs is 2. The van der Waals surface area contributed by atoms with Crippen molar-refractivity contribution in [2.45, 2.75) is 44.9 Å². The van der Waals surface area contributed by atoms with Crippen LogP contribution < -0.4 is 9.86 Å². The molecule has 2 aliphatic rings. The Morgan fingerprint density at radius 1 is 1.26 bits per heavy atom. The van der Waals surface area contributed by atoms with Crippen LogP contribution in [0, 0.1) is 0 Å². The number of aromatic amines is 1. The molecule has 0 unspecified atom stereocenters. The number of hydrogen-bond acceptors (Lipinski definition) is 6. The van der Waals surface area contributed by atoms with Gasteiger partial charge in [0.25, 0.3) is 11.5 Å². The highest BCUT2D eigenvalue weighted by molar-refractivity contribution is 7.92. The van der Waals surface area contributed by atoms with E-state index in [0.29, 0.717) is 47.6 Å². The Morgan fingerprint density at radius 2 is 2.06 bits per heavy atom. The normalized spacial score (nSPS) is 19.8. The van der Waals surface area contributed by atoms with E-state index in [9.17, 15) is 18.0 Å². The maximum atomic E-state index is 13.7. The molecule has 1 aromatic heterocycles. The second-order valence-electron chi connectivity index (χ2n) is 9.31. The molecule has 1 N–H and O–H groups in total. The Hall–Kier alpha value is -3.24. The lowest BCUT2D eigenvalue weighted by atomic mass is 10.1. The summed E-state index contributed by atoms with van der Waals surface area (Å²) in [5.74, 6) is 0.183. The molecule has 1 fully saturated rings. The van der Waals surface area contributed by atoms with Crippen molar-refractivity contribution in [3.63, 3.8) is 0 Å². The molecule has 3 aromatic rings. The maximum Gasteiger partial charge on any atom is 0.258 e. The van der Waals surface area contributed by atoms with Crippen molar-refractivity contribution in [3.05, 3.63) is 69.8 Å². The molecule has 2 aliphatic heterocycles. The zero-order valence-electron chi connectivity index (χ0n) is 19.7. The average Bonchev–Trinajstić information content (AvgIpc) is 3.44. The first-order valence-electron chi connectivity index (χ1n) is 11.7. The van der Waals surface area contributed by atoms with Crippen LogP contribution in [0.1, 0.15) is 41.5 Å². The number of anilines is 1. The zero-order chi connectivity index (χ0) is 24.7. The van der Waals surface area contributed by atoms with Crippen molar-refractivity contribution in [3.8, 4) is 0 Å². The molecule has 0 radical (unpaired) electrons. The number of aromatic nitrogens is 2. The fourth-order valence-electron chi connectivity index (χ4n) is 5.07. The summed E-state index contributed by atoms with van der Waals surface area (Å²) in [4.78, 5) is 35.2. The number of H-pyrrole nitrogens is 1. The number of nitrogens with zero attached hydrogens (tertiary/aromatic N) is 3. The van der Waals surface area contributed by atoms with Crippen LogP contribution in [-0.2, 0) is 27.7 Å². The van der Waals surface area contributed by atoms with E-state index >= 15 is 0 Å². The van der Waals surface area contributed by atoms with Gasteiger partial charge >= 0.3 is 0 Å². The van der Waals surface area contributed by atoms with Gasteiger partial charge in [0.15, 0.2) is 0 Å². The van der Waals surface area contributed by atoms with Crippen LogP contribution in [0.2, 0.25) is 0 Å². The van der Waals surface area contributed by atoms with Gasteiger partial charge in [0.05, 0.1) is 35.5 Å². The summed E-state index contributed by atoms with van der Waals surface area (Å²) in [6, 6.07) is 12.0. The highest BCUT2D eigenvalue weighted by Crippen LogP contribution is 2.35. The number of para-hydroxylation sites is 1. The Balaban J connectivity index is 1.46. The van der Waals surface area contributed by atoms with Gasteiger partial charge in [-0.1, -0.05) is 12.1 Å². The number of rotatable bonds is 6. The van der Waals surface area contributed by atoms with Gasteiger partial charge in [-0.15, -0.1) is 0 Å². The van der Waals surface area contributed by atoms with Gasteiger partial charge in [-0.3, -0.25) is 13.9 Å². The van der Waals surface area contributed by atoms with Crippen molar-refractivity contribution in [1.29, 1.82) is 0 Å². The van der Waals surface area contributed by atoms with Crippen molar-refractivity contribution in [2.75, 3.05) is 23.7 Å². The van der Waals surface area contributed by atoms with Crippen LogP contribution in [0.3, 0.4) is 0 Å². The maximum absolute atomic E-state index is 13.7. The fraction of sp³-hybridized carbons (Fsp3) is 0.400. The van der Waals surface area contributed by atoms with Crippen LogP contribution in [0.25, 0.3) is 10.9 Å². The SMILES string of the molecule is C[C@@H]1Cc2cc(C(=O)N(Cc3nc4ccccc4c(=O)[nH]3)C[C@H]3CCCO3)ccc2N1S(C)(=O)=O. The van der Waals surface area contributed by atoms with E-state index in [0.717, 1.165) is 18.4 Å². The standard InChI is InChI=1S/C25H28N4O5S/c1-16-12-18-13-17(9-10-22(18)29(16)35(2,32)33)25(31)28(14-19-6-5-11-34-19)15-23-26-21-8-4-3-7-20(21)24(30)27-23/h3-4,7-10,13,16,19H,5-6,11-12,14-15H2,1-2H3,(H,26,27,30)/t16-,19-/m1/s1. The summed E-state index contributed by atoms with van der Waals surface area (Å²) in [5, 5.41) is 0.497. The Morgan fingerprint density at radius 3 is 2.80 bits per heavy atom. The van der Waals surface area contributed by atoms with E-state index in [1.54, 1.807) is 41.3 Å². The van der Waals surface area contributed by atoms with E-state index in [-0.39, 0.29) is 30.2 Å². The van der Waals surface area contributed by atoms with Gasteiger partial charge in [0.2, 0.25) is 10.0 Å². The summed E-state index contributed by atoms with van der Waals surface area (Å²) in [6.45, 7) is 3.02. The van der Waals surface area contributed by atoms with Crippen LogP contribution in [-0.4, -0.2) is 60.7 Å². The predicted molar refractivity (Wildman–Crippen MR) is 133 cm³/mol. The minimum atomic E-state index is -3.41. The summed E-state index contributed by atoms with van der Waals surface area (Å²) in [6.07, 6.45) is 3.45. The molecule has 0 spiro atoms. The molecule has 0 bridgehead atoms. The zero-order valence-corrected chi connectivity index (χ0v) is 20.5. The Labute approximate surface area is 203 Å². The van der Waals surface area contributed by atoms with Gasteiger partial charge in [-0.25, -0.2) is 13.4 Å². The van der Waals surface area contributed by atoms with E-state index < -0.39 is 10.0 Å². The quantitative estimate of drug-likeness (QED) is 0.561. The number of benzene rings is 2. The predicted octanol–water partition coefficient (Wildman–Crippen LogP) is 2.46. The third-order valence-corrected chi connectivity index (χ3v) is 7.85. The minimum Gasteiger partial charge on any atom is -0.376 e. The van der Waals surface area contributed by atoms with Crippen LogP contribution in [0.15, 0.2) is 47.3 Å². The first-order chi connectivity index (χ1) is 16.7. The van der Waals surface area contributed by atoms with E-state index in [2.05, 4.69) is 9.97 Å². The van der Waals surface area contributed by atoms with Crippen molar-refractivity contribution in [2.24, 2.45) is 0 Å². The number of carbonyl (C=O) groups excluding carboxylic acids is 1. The van der Waals surface area contributed by atoms with Gasteiger partial charge < -0.3 is 14.6 Å². The topological polar surface area (TPSA) is 113 Å². The van der Waals surface area contributed by atoms with Gasteiger partial charge in [-0.2, -0.15) is 0 Å². The molecule has 2 atom stereocenters. The number of ether oxygens (including phenoxy) is 1. The molecule has 0 saturated carbocycles. The molecule has 5 rings (SSSR count). The number of sulfonamides is 1. The third kappa shape index (κ3) is 4.68. The second-order valence-corrected chi connectivity index (χ2v) is 11.2. The summed E-state index contributed by atoms with van der Waals surface area (Å²) in [5.41, 5.74) is 2.23. The summed E-state index contributed by atoms with van der Waals surface area (Å²) in [7, 11) is -3.41. The number of amides is 1. The van der Waals surface area contributed by atoms with Crippen LogP contribution >= 0.6 is 0 Å². The monoisotopic (exact) mass is 496 g/mol. The molecule has 3 heterocycles. The largest absolute Gasteiger partial charge is 0.376 e. The van der Waals surface area contributed by atoms with Crippen molar-refractivity contribution < 1.29 is 17.9 Å². The summed E-state index contributed by atoms with van der Waals surface area (Å²) >= 11 is 0. The van der Waals surface area contributed by atoms with Crippen LogP contribution in [0.4, 0.5) is 5.69 Å². The van der Waals surface area contributed by atoms with E-state index in [4.69, 9.17) is 4.74 Å². The molecular formula is C25H28N4O5S. The molecule has 0 aliphatic carbocycles. The molecule has 2 aromatic carbocycles. The molecule has 10 heteroatoms. The average molecular weight is 497 g/mol. The number of carbonyl (C=O) groups is 1. The Bertz CT molecular complexity index is 1450. The van der Waals surface area contributed by atoms with Crippen molar-refractivity contribution >= 4 is 32.5 Å². The molecular weight excluding hydrogens is 468 g/mol. The van der Waals surface area contributed by atoms with Gasteiger partial charge in [0, 0.05) is 24.8 Å². The van der Waals surface area contributed by atoms with Crippen molar-refractivity contribution in [1.82, 2.24) is 14.9 Å². The molecule has 9 nitrogen and oxygen atoms in total. The molecule has 35 heavy (non-hydrogen) atoms. The highest BCUT2D eigenvalue weighted by Gasteiger charge is 2.33. The number of nitrogens with one attached hydrogen (secondary N) is 1. The second kappa shape index (κ2) is 9.09. The van der Waals surface area contributed by atoms with E-state index in [1.165, 1.54) is 10.6 Å². The van der Waals surface area contributed by atoms with Gasteiger partial charge in [-0.05, 0) is 62.1 Å². The lowest BCUT2D eigenvalue weighted by Gasteiger charge is -2.26. The fourth-order valence-corrected chi connectivity index (χ4v) is 6.33. The number of hydrogen-bond donors (Lipinski definition) is 1. The Kier molecular flexibility index (Phi) is 6.10. The first kappa shape index (κ1) is 23.5. The lowest BCUT2D eigenvalue weighted by Crippen LogP contribution is -2.38. The molecule has 184 valence electrons. The highest BCUT2D eigenvalue weighted by atomic mass is 32.2. The molecule has 1 amide bonds. The van der Waals surface area contributed by atoms with E-state index in [1.807, 2.05) is 13.0 Å². The minimum absolute atomic E-state index is 0.0821. The molecule has 1 saturated heterocycles. The lowest BCUT2D eigenvalue weighted by molar-refractivity contribution is 0.0501. The smallest absolute Gasteiger partial charge is 0.258 e. The first-order valence-corrected chi connectivity index (χ1v) is 13.6.